The van der Waals surface area contributed by atoms with Crippen molar-refractivity contribution >= 4 is 11.6 Å². The minimum atomic E-state index is 0.276. The van der Waals surface area contributed by atoms with E-state index in [9.17, 15) is 0 Å². The maximum absolute atomic E-state index is 5.66. The molecule has 0 saturated carbocycles. The molecule has 0 radical (unpaired) electrons. The largest absolute Gasteiger partial charge is 0.491 e. The zero-order valence-corrected chi connectivity index (χ0v) is 12.1. The van der Waals surface area contributed by atoms with E-state index in [1.54, 1.807) is 12.1 Å². The highest BCUT2D eigenvalue weighted by molar-refractivity contribution is 6.29. The van der Waals surface area contributed by atoms with Crippen LogP contribution in [0.5, 0.6) is 11.6 Å². The van der Waals surface area contributed by atoms with Gasteiger partial charge in [0.1, 0.15) is 18.5 Å². The van der Waals surface area contributed by atoms with Crippen molar-refractivity contribution in [1.82, 2.24) is 10.2 Å². The Hall–Kier alpha value is -1.85. The van der Waals surface area contributed by atoms with Crippen LogP contribution in [0.15, 0.2) is 36.4 Å². The summed E-state index contributed by atoms with van der Waals surface area (Å²) in [4.78, 5) is 0. The molecule has 1 aromatic carbocycles. The van der Waals surface area contributed by atoms with Crippen LogP contribution in [0.4, 0.5) is 0 Å². The Morgan fingerprint density at radius 3 is 2.57 bits per heavy atom. The van der Waals surface area contributed by atoms with E-state index in [0.717, 1.165) is 18.8 Å². The standard InChI is InChI=1S/C15H15ClN2O3/c16-14-5-6-15(18-17-14)19-8-7-11-1-3-12(4-2-11)20-9-13-10-21-13/h1-6,13H,7-10H2. The second-order valence-electron chi connectivity index (χ2n) is 4.70. The molecule has 1 saturated heterocycles. The first-order chi connectivity index (χ1) is 10.3. The smallest absolute Gasteiger partial charge is 0.233 e. The Morgan fingerprint density at radius 1 is 1.10 bits per heavy atom. The molecule has 21 heavy (non-hydrogen) atoms. The molecule has 0 N–H and O–H groups in total. The molecule has 0 bridgehead atoms. The molecule has 1 aliphatic heterocycles. The summed E-state index contributed by atoms with van der Waals surface area (Å²) in [5.41, 5.74) is 1.17. The van der Waals surface area contributed by atoms with E-state index in [4.69, 9.17) is 25.8 Å². The van der Waals surface area contributed by atoms with E-state index in [0.29, 0.717) is 24.2 Å². The minimum absolute atomic E-state index is 0.276. The summed E-state index contributed by atoms with van der Waals surface area (Å²) < 4.78 is 16.2. The quantitative estimate of drug-likeness (QED) is 0.736. The van der Waals surface area contributed by atoms with Crippen molar-refractivity contribution in [2.45, 2.75) is 12.5 Å². The molecule has 1 aromatic heterocycles. The van der Waals surface area contributed by atoms with Crippen molar-refractivity contribution in [3.05, 3.63) is 47.1 Å². The number of rotatable bonds is 7. The Morgan fingerprint density at radius 2 is 1.90 bits per heavy atom. The molecule has 2 heterocycles. The summed E-state index contributed by atoms with van der Waals surface area (Å²) in [5, 5.41) is 7.91. The summed E-state index contributed by atoms with van der Waals surface area (Å²) >= 11 is 5.66. The number of benzene rings is 1. The van der Waals surface area contributed by atoms with Gasteiger partial charge in [-0.1, -0.05) is 23.7 Å². The Labute approximate surface area is 127 Å². The van der Waals surface area contributed by atoms with Crippen LogP contribution in [0.2, 0.25) is 5.15 Å². The summed E-state index contributed by atoms with van der Waals surface area (Å²) in [7, 11) is 0. The third-order valence-corrected chi connectivity index (χ3v) is 3.21. The lowest BCUT2D eigenvalue weighted by Gasteiger charge is -2.07. The highest BCUT2D eigenvalue weighted by atomic mass is 35.5. The number of epoxide rings is 1. The maximum Gasteiger partial charge on any atom is 0.233 e. The fourth-order valence-corrected chi connectivity index (χ4v) is 1.86. The lowest BCUT2D eigenvalue weighted by molar-refractivity contribution is 0.263. The average Bonchev–Trinajstić information content (AvgIpc) is 3.33. The molecule has 1 aliphatic rings. The summed E-state index contributed by atoms with van der Waals surface area (Å²) in [6.07, 6.45) is 1.06. The van der Waals surface area contributed by atoms with Crippen molar-refractivity contribution in [2.24, 2.45) is 0 Å². The van der Waals surface area contributed by atoms with Crippen LogP contribution in [0.3, 0.4) is 0 Å². The SMILES string of the molecule is Clc1ccc(OCCc2ccc(OCC3CO3)cc2)nn1. The molecule has 1 unspecified atom stereocenters. The molecule has 0 amide bonds. The number of nitrogens with zero attached hydrogens (tertiary/aromatic N) is 2. The summed E-state index contributed by atoms with van der Waals surface area (Å²) in [6.45, 7) is 1.97. The van der Waals surface area contributed by atoms with Crippen molar-refractivity contribution in [3.63, 3.8) is 0 Å². The van der Waals surface area contributed by atoms with E-state index in [2.05, 4.69) is 10.2 Å². The van der Waals surface area contributed by atoms with Crippen LogP contribution in [0.1, 0.15) is 5.56 Å². The molecule has 5 nitrogen and oxygen atoms in total. The van der Waals surface area contributed by atoms with Gasteiger partial charge in [0.15, 0.2) is 5.15 Å². The lowest BCUT2D eigenvalue weighted by Crippen LogP contribution is -2.05. The zero-order valence-electron chi connectivity index (χ0n) is 11.4. The highest BCUT2D eigenvalue weighted by Crippen LogP contribution is 2.16. The second kappa shape index (κ2) is 6.74. The van der Waals surface area contributed by atoms with Gasteiger partial charge in [0.25, 0.3) is 0 Å². The molecular weight excluding hydrogens is 292 g/mol. The van der Waals surface area contributed by atoms with E-state index in [1.807, 2.05) is 24.3 Å². The average molecular weight is 307 g/mol. The van der Waals surface area contributed by atoms with Crippen LogP contribution in [0.25, 0.3) is 0 Å². The van der Waals surface area contributed by atoms with Crippen molar-refractivity contribution in [3.8, 4) is 11.6 Å². The topological polar surface area (TPSA) is 56.8 Å². The van der Waals surface area contributed by atoms with Crippen molar-refractivity contribution < 1.29 is 14.2 Å². The molecule has 110 valence electrons. The number of ether oxygens (including phenoxy) is 3. The molecule has 1 fully saturated rings. The van der Waals surface area contributed by atoms with Gasteiger partial charge >= 0.3 is 0 Å². The minimum Gasteiger partial charge on any atom is -0.491 e. The molecule has 2 aromatic rings. The highest BCUT2D eigenvalue weighted by Gasteiger charge is 2.22. The van der Waals surface area contributed by atoms with Gasteiger partial charge in [-0.25, -0.2) is 0 Å². The number of aromatic nitrogens is 2. The van der Waals surface area contributed by atoms with Crippen LogP contribution >= 0.6 is 11.6 Å². The Bertz CT molecular complexity index is 570. The van der Waals surface area contributed by atoms with Crippen LogP contribution in [-0.2, 0) is 11.2 Å². The first kappa shape index (κ1) is 14.1. The van der Waals surface area contributed by atoms with Gasteiger partial charge in [0.2, 0.25) is 5.88 Å². The summed E-state index contributed by atoms with van der Waals surface area (Å²) in [5.74, 6) is 1.34. The molecular formula is C15H15ClN2O3. The van der Waals surface area contributed by atoms with Gasteiger partial charge in [0, 0.05) is 12.5 Å². The third kappa shape index (κ3) is 4.58. The van der Waals surface area contributed by atoms with Gasteiger partial charge in [-0.15, -0.1) is 10.2 Å². The molecule has 6 heteroatoms. The second-order valence-corrected chi connectivity index (χ2v) is 5.09. The van der Waals surface area contributed by atoms with Gasteiger partial charge in [-0.05, 0) is 23.8 Å². The normalized spacial score (nSPS) is 16.5. The number of hydrogen-bond donors (Lipinski definition) is 0. The van der Waals surface area contributed by atoms with Crippen LogP contribution < -0.4 is 9.47 Å². The predicted octanol–water partition coefficient (Wildman–Crippen LogP) is 2.53. The van der Waals surface area contributed by atoms with Crippen LogP contribution in [0, 0.1) is 0 Å². The summed E-state index contributed by atoms with van der Waals surface area (Å²) in [6, 6.07) is 11.3. The van der Waals surface area contributed by atoms with E-state index >= 15 is 0 Å². The predicted molar refractivity (Wildman–Crippen MR) is 77.9 cm³/mol. The first-order valence-electron chi connectivity index (χ1n) is 6.75. The molecule has 0 spiro atoms. The fourth-order valence-electron chi connectivity index (χ4n) is 1.76. The molecule has 0 aliphatic carbocycles. The lowest BCUT2D eigenvalue weighted by atomic mass is 10.1. The van der Waals surface area contributed by atoms with Crippen molar-refractivity contribution in [1.29, 1.82) is 0 Å². The maximum atomic E-state index is 5.66. The third-order valence-electron chi connectivity index (χ3n) is 3.01. The Balaban J connectivity index is 1.43. The molecule has 3 rings (SSSR count). The first-order valence-corrected chi connectivity index (χ1v) is 7.13. The van der Waals surface area contributed by atoms with Gasteiger partial charge in [-0.3, -0.25) is 0 Å². The molecule has 1 atom stereocenters. The van der Waals surface area contributed by atoms with Gasteiger partial charge < -0.3 is 14.2 Å². The number of hydrogen-bond acceptors (Lipinski definition) is 5. The Kier molecular flexibility index (Phi) is 4.52. The van der Waals surface area contributed by atoms with E-state index < -0.39 is 0 Å². The van der Waals surface area contributed by atoms with E-state index in [-0.39, 0.29) is 6.10 Å². The van der Waals surface area contributed by atoms with Gasteiger partial charge in [-0.2, -0.15) is 0 Å². The zero-order chi connectivity index (χ0) is 14.5. The van der Waals surface area contributed by atoms with Crippen molar-refractivity contribution in [2.75, 3.05) is 19.8 Å². The monoisotopic (exact) mass is 306 g/mol. The van der Waals surface area contributed by atoms with E-state index in [1.165, 1.54) is 5.56 Å². The number of halogens is 1. The van der Waals surface area contributed by atoms with Gasteiger partial charge in [0.05, 0.1) is 13.2 Å². The van der Waals surface area contributed by atoms with Crippen LogP contribution in [-0.4, -0.2) is 36.1 Å². The fraction of sp³-hybridized carbons (Fsp3) is 0.333.